The van der Waals surface area contributed by atoms with Crippen molar-refractivity contribution in [2.24, 2.45) is 0 Å². The van der Waals surface area contributed by atoms with Crippen molar-refractivity contribution in [3.8, 4) is 11.1 Å². The summed E-state index contributed by atoms with van der Waals surface area (Å²) in [5, 5.41) is 2.48. The van der Waals surface area contributed by atoms with E-state index >= 15 is 0 Å². The highest BCUT2D eigenvalue weighted by Gasteiger charge is 2.03. The van der Waals surface area contributed by atoms with Crippen LogP contribution in [0.3, 0.4) is 0 Å². The fourth-order valence-electron chi connectivity index (χ4n) is 2.50. The number of pyridine rings is 2. The minimum atomic E-state index is 0.897. The lowest BCUT2D eigenvalue weighted by molar-refractivity contribution is 1.32. The number of aromatic nitrogens is 2. The summed E-state index contributed by atoms with van der Waals surface area (Å²) in [7, 11) is 0. The van der Waals surface area contributed by atoms with E-state index in [1.807, 2.05) is 12.3 Å². The van der Waals surface area contributed by atoms with Crippen molar-refractivity contribution in [1.82, 2.24) is 9.97 Å². The largest absolute Gasteiger partial charge is 0.254 e. The van der Waals surface area contributed by atoms with Crippen LogP contribution in [0.15, 0.2) is 71.5 Å². The van der Waals surface area contributed by atoms with Crippen LogP contribution in [0.1, 0.15) is 0 Å². The maximum absolute atomic E-state index is 4.51. The van der Waals surface area contributed by atoms with E-state index in [0.717, 1.165) is 26.6 Å². The molecule has 0 amide bonds. The standard InChI is InChI=1S/C18H11BrN2/c19-16-9-18-17(21-11-16)8-15(10-20-18)14-6-5-12-3-1-2-4-13(12)7-14/h1-11H. The second-order valence-electron chi connectivity index (χ2n) is 4.98. The molecule has 4 aromatic rings. The van der Waals surface area contributed by atoms with Crippen molar-refractivity contribution >= 4 is 37.7 Å². The molecule has 21 heavy (non-hydrogen) atoms. The van der Waals surface area contributed by atoms with Crippen molar-refractivity contribution in [3.05, 3.63) is 71.5 Å². The lowest BCUT2D eigenvalue weighted by Gasteiger charge is -2.05. The van der Waals surface area contributed by atoms with Gasteiger partial charge in [-0.05, 0) is 50.5 Å². The number of nitrogens with zero attached hydrogens (tertiary/aromatic N) is 2. The Morgan fingerprint density at radius 2 is 1.43 bits per heavy atom. The Bertz CT molecular complexity index is 963. The summed E-state index contributed by atoms with van der Waals surface area (Å²) in [5.41, 5.74) is 4.05. The Morgan fingerprint density at radius 3 is 2.33 bits per heavy atom. The molecule has 2 heterocycles. The van der Waals surface area contributed by atoms with Crippen molar-refractivity contribution in [1.29, 1.82) is 0 Å². The molecule has 0 unspecified atom stereocenters. The highest BCUT2D eigenvalue weighted by atomic mass is 79.9. The molecule has 0 aliphatic carbocycles. The van der Waals surface area contributed by atoms with Gasteiger partial charge in [0.15, 0.2) is 0 Å². The second-order valence-corrected chi connectivity index (χ2v) is 5.89. The molecule has 2 nitrogen and oxygen atoms in total. The fourth-order valence-corrected chi connectivity index (χ4v) is 2.82. The Labute approximate surface area is 130 Å². The molecule has 100 valence electrons. The maximum Gasteiger partial charge on any atom is 0.0898 e. The summed E-state index contributed by atoms with van der Waals surface area (Å²) in [6.45, 7) is 0. The molecule has 0 saturated heterocycles. The third-order valence-electron chi connectivity index (χ3n) is 3.58. The smallest absolute Gasteiger partial charge is 0.0898 e. The van der Waals surface area contributed by atoms with Crippen LogP contribution in [0.5, 0.6) is 0 Å². The number of hydrogen-bond donors (Lipinski definition) is 0. The van der Waals surface area contributed by atoms with Gasteiger partial charge in [0.2, 0.25) is 0 Å². The van der Waals surface area contributed by atoms with Crippen LogP contribution >= 0.6 is 15.9 Å². The molecule has 0 fully saturated rings. The van der Waals surface area contributed by atoms with Gasteiger partial charge in [-0.3, -0.25) is 9.97 Å². The third-order valence-corrected chi connectivity index (χ3v) is 4.02. The van der Waals surface area contributed by atoms with E-state index in [1.165, 1.54) is 10.8 Å². The summed E-state index contributed by atoms with van der Waals surface area (Å²) in [6, 6.07) is 18.9. The molecule has 0 bridgehead atoms. The van der Waals surface area contributed by atoms with E-state index in [4.69, 9.17) is 0 Å². The monoisotopic (exact) mass is 334 g/mol. The first kappa shape index (κ1) is 12.5. The van der Waals surface area contributed by atoms with Crippen LogP contribution in [-0.4, -0.2) is 9.97 Å². The molecule has 3 heteroatoms. The van der Waals surface area contributed by atoms with Gasteiger partial charge in [0, 0.05) is 22.4 Å². The molecule has 0 aliphatic heterocycles. The van der Waals surface area contributed by atoms with E-state index in [2.05, 4.69) is 74.4 Å². The number of benzene rings is 2. The molecular weight excluding hydrogens is 324 g/mol. The number of rotatable bonds is 1. The first-order valence-corrected chi connectivity index (χ1v) is 7.49. The van der Waals surface area contributed by atoms with Crippen LogP contribution in [-0.2, 0) is 0 Å². The van der Waals surface area contributed by atoms with Gasteiger partial charge in [-0.25, -0.2) is 0 Å². The molecule has 0 N–H and O–H groups in total. The SMILES string of the molecule is Brc1cnc2cc(-c3ccc4ccccc4c3)cnc2c1. The van der Waals surface area contributed by atoms with Gasteiger partial charge in [0.05, 0.1) is 11.0 Å². The number of hydrogen-bond acceptors (Lipinski definition) is 2. The fraction of sp³-hybridized carbons (Fsp3) is 0. The summed E-state index contributed by atoms with van der Waals surface area (Å²) in [5.74, 6) is 0. The van der Waals surface area contributed by atoms with E-state index in [9.17, 15) is 0 Å². The molecule has 4 rings (SSSR count). The van der Waals surface area contributed by atoms with Gasteiger partial charge in [0.1, 0.15) is 0 Å². The highest BCUT2D eigenvalue weighted by Crippen LogP contribution is 2.26. The van der Waals surface area contributed by atoms with Gasteiger partial charge in [-0.15, -0.1) is 0 Å². The Hall–Kier alpha value is -2.26. The Kier molecular flexibility index (Phi) is 2.93. The van der Waals surface area contributed by atoms with Gasteiger partial charge in [-0.1, -0.05) is 36.4 Å². The normalized spacial score (nSPS) is 11.1. The van der Waals surface area contributed by atoms with Gasteiger partial charge in [-0.2, -0.15) is 0 Å². The van der Waals surface area contributed by atoms with Gasteiger partial charge < -0.3 is 0 Å². The molecule has 2 aromatic heterocycles. The average molecular weight is 335 g/mol. The van der Waals surface area contributed by atoms with Gasteiger partial charge in [0.25, 0.3) is 0 Å². The first-order valence-electron chi connectivity index (χ1n) is 6.70. The third kappa shape index (κ3) is 2.30. The molecule has 0 aliphatic rings. The van der Waals surface area contributed by atoms with Crippen molar-refractivity contribution in [2.75, 3.05) is 0 Å². The zero-order valence-corrected chi connectivity index (χ0v) is 12.7. The Balaban J connectivity index is 1.89. The molecule has 0 spiro atoms. The highest BCUT2D eigenvalue weighted by molar-refractivity contribution is 9.10. The van der Waals surface area contributed by atoms with Crippen LogP contribution in [0.4, 0.5) is 0 Å². The molecule has 0 radical (unpaired) electrons. The van der Waals surface area contributed by atoms with Gasteiger partial charge >= 0.3 is 0 Å². The van der Waals surface area contributed by atoms with Crippen molar-refractivity contribution in [3.63, 3.8) is 0 Å². The van der Waals surface area contributed by atoms with E-state index in [0.29, 0.717) is 0 Å². The van der Waals surface area contributed by atoms with E-state index in [1.54, 1.807) is 6.20 Å². The second kappa shape index (κ2) is 4.93. The van der Waals surface area contributed by atoms with Crippen LogP contribution in [0.2, 0.25) is 0 Å². The lowest BCUT2D eigenvalue weighted by atomic mass is 10.0. The zero-order valence-electron chi connectivity index (χ0n) is 11.1. The molecule has 0 saturated carbocycles. The van der Waals surface area contributed by atoms with Crippen LogP contribution < -0.4 is 0 Å². The van der Waals surface area contributed by atoms with E-state index < -0.39 is 0 Å². The quantitative estimate of drug-likeness (QED) is 0.477. The summed E-state index contributed by atoms with van der Waals surface area (Å²) >= 11 is 3.42. The van der Waals surface area contributed by atoms with E-state index in [-0.39, 0.29) is 0 Å². The predicted molar refractivity (Wildman–Crippen MR) is 90.2 cm³/mol. The topological polar surface area (TPSA) is 25.8 Å². The van der Waals surface area contributed by atoms with Crippen LogP contribution in [0.25, 0.3) is 32.9 Å². The summed E-state index contributed by atoms with van der Waals surface area (Å²) in [6.07, 6.45) is 3.70. The summed E-state index contributed by atoms with van der Waals surface area (Å²) < 4.78 is 0.945. The average Bonchev–Trinajstić information content (AvgIpc) is 2.54. The van der Waals surface area contributed by atoms with Crippen molar-refractivity contribution < 1.29 is 0 Å². The first-order chi connectivity index (χ1) is 10.3. The minimum Gasteiger partial charge on any atom is -0.254 e. The molecule has 0 atom stereocenters. The maximum atomic E-state index is 4.51. The molecule has 2 aromatic carbocycles. The zero-order chi connectivity index (χ0) is 14.2. The molecular formula is C18H11BrN2. The van der Waals surface area contributed by atoms with Crippen molar-refractivity contribution in [2.45, 2.75) is 0 Å². The predicted octanol–water partition coefficient (Wildman–Crippen LogP) is 5.21. The Morgan fingerprint density at radius 1 is 0.667 bits per heavy atom. The van der Waals surface area contributed by atoms with Crippen LogP contribution in [0, 0.1) is 0 Å². The lowest BCUT2D eigenvalue weighted by Crippen LogP contribution is -1.86. The summed E-state index contributed by atoms with van der Waals surface area (Å²) in [4.78, 5) is 8.93. The minimum absolute atomic E-state index is 0.897. The number of halogens is 1. The number of fused-ring (bicyclic) bond motifs is 2.